The van der Waals surface area contributed by atoms with Crippen LogP contribution in [0.25, 0.3) is 0 Å². The highest BCUT2D eigenvalue weighted by atomic mass is 14.8. The topological polar surface area (TPSA) is 55.3 Å². The zero-order chi connectivity index (χ0) is 15.1. The van der Waals surface area contributed by atoms with Gasteiger partial charge in [0.2, 0.25) is 0 Å². The van der Waals surface area contributed by atoms with Gasteiger partial charge in [0.15, 0.2) is 0 Å². The van der Waals surface area contributed by atoms with E-state index >= 15 is 0 Å². The standard InChI is InChI=1S/C18H40N2/c1-3-4-5-6-7-8-9-10-11-12-13-14-15-16-18(20)17(2)19/h17-18H,3-16,19-20H2,1-2H3/p+2/t17-,18+/m0/s1. The van der Waals surface area contributed by atoms with Gasteiger partial charge in [0.25, 0.3) is 0 Å². The first-order valence-corrected chi connectivity index (χ1v) is 9.34. The molecule has 0 aromatic carbocycles. The van der Waals surface area contributed by atoms with Gasteiger partial charge in [0, 0.05) is 6.42 Å². The second-order valence-corrected chi connectivity index (χ2v) is 6.77. The number of hydrogen-bond acceptors (Lipinski definition) is 0. The summed E-state index contributed by atoms with van der Waals surface area (Å²) < 4.78 is 0. The number of unbranched alkanes of at least 4 members (excludes halogenated alkanes) is 12. The molecule has 0 heterocycles. The Hall–Kier alpha value is -0.0800. The minimum atomic E-state index is 0.507. The van der Waals surface area contributed by atoms with Gasteiger partial charge < -0.3 is 11.5 Å². The largest absolute Gasteiger partial charge is 0.350 e. The van der Waals surface area contributed by atoms with E-state index in [9.17, 15) is 0 Å². The molecular weight excluding hydrogens is 244 g/mol. The summed E-state index contributed by atoms with van der Waals surface area (Å²) in [5, 5.41) is 0. The lowest BCUT2D eigenvalue weighted by atomic mass is 10.0. The van der Waals surface area contributed by atoms with E-state index in [4.69, 9.17) is 0 Å². The molecule has 0 aliphatic rings. The van der Waals surface area contributed by atoms with Crippen molar-refractivity contribution in [1.82, 2.24) is 0 Å². The van der Waals surface area contributed by atoms with E-state index in [0.29, 0.717) is 12.1 Å². The van der Waals surface area contributed by atoms with Crippen LogP contribution in [0.5, 0.6) is 0 Å². The van der Waals surface area contributed by atoms with Crippen LogP contribution in [0.1, 0.15) is 104 Å². The molecule has 0 aromatic heterocycles. The molecule has 0 radical (unpaired) electrons. The third-order valence-electron chi connectivity index (χ3n) is 4.48. The van der Waals surface area contributed by atoms with E-state index in [-0.39, 0.29) is 0 Å². The van der Waals surface area contributed by atoms with Crippen LogP contribution in [0.3, 0.4) is 0 Å². The molecule has 2 heteroatoms. The van der Waals surface area contributed by atoms with Gasteiger partial charge in [-0.2, -0.15) is 0 Å². The fraction of sp³-hybridized carbons (Fsp3) is 1.00. The summed E-state index contributed by atoms with van der Waals surface area (Å²) in [5.74, 6) is 0. The molecule has 0 fully saturated rings. The van der Waals surface area contributed by atoms with Crippen LogP contribution in [0.15, 0.2) is 0 Å². The van der Waals surface area contributed by atoms with Crippen LogP contribution < -0.4 is 11.5 Å². The average molecular weight is 287 g/mol. The molecule has 0 aliphatic carbocycles. The minimum Gasteiger partial charge on any atom is -0.350 e. The van der Waals surface area contributed by atoms with Crippen molar-refractivity contribution in [3.8, 4) is 0 Å². The molecule has 0 unspecified atom stereocenters. The first-order valence-electron chi connectivity index (χ1n) is 9.34. The van der Waals surface area contributed by atoms with Crippen molar-refractivity contribution in [2.45, 2.75) is 116 Å². The smallest absolute Gasteiger partial charge is 0.136 e. The molecule has 0 saturated carbocycles. The quantitative estimate of drug-likeness (QED) is 0.431. The summed E-state index contributed by atoms with van der Waals surface area (Å²) in [6.45, 7) is 4.47. The van der Waals surface area contributed by atoms with Crippen LogP contribution in [0.4, 0.5) is 0 Å². The Morgan fingerprint density at radius 2 is 0.950 bits per heavy atom. The van der Waals surface area contributed by atoms with E-state index in [1.54, 1.807) is 0 Å². The molecule has 0 amide bonds. The number of hydrogen-bond donors (Lipinski definition) is 2. The van der Waals surface area contributed by atoms with Gasteiger partial charge in [-0.25, -0.2) is 0 Å². The van der Waals surface area contributed by atoms with Crippen LogP contribution in [-0.4, -0.2) is 12.1 Å². The van der Waals surface area contributed by atoms with E-state index in [2.05, 4.69) is 25.3 Å². The predicted molar refractivity (Wildman–Crippen MR) is 89.3 cm³/mol. The molecule has 0 spiro atoms. The monoisotopic (exact) mass is 286 g/mol. The van der Waals surface area contributed by atoms with E-state index in [1.807, 2.05) is 0 Å². The fourth-order valence-corrected chi connectivity index (χ4v) is 2.71. The highest BCUT2D eigenvalue weighted by Crippen LogP contribution is 2.13. The third kappa shape index (κ3) is 14.3. The van der Waals surface area contributed by atoms with Gasteiger partial charge in [-0.05, 0) is 13.3 Å². The summed E-state index contributed by atoms with van der Waals surface area (Å²) in [4.78, 5) is 0. The van der Waals surface area contributed by atoms with Gasteiger partial charge in [0.05, 0.1) is 0 Å². The molecule has 0 bridgehead atoms. The Labute approximate surface area is 128 Å². The van der Waals surface area contributed by atoms with Crippen molar-refractivity contribution < 1.29 is 11.5 Å². The Balaban J connectivity index is 3.03. The van der Waals surface area contributed by atoms with Gasteiger partial charge in [-0.15, -0.1) is 0 Å². The van der Waals surface area contributed by atoms with Crippen molar-refractivity contribution in [3.63, 3.8) is 0 Å². The van der Waals surface area contributed by atoms with Crippen molar-refractivity contribution in [1.29, 1.82) is 0 Å². The minimum absolute atomic E-state index is 0.507. The maximum Gasteiger partial charge on any atom is 0.136 e. The Morgan fingerprint density at radius 1 is 0.600 bits per heavy atom. The van der Waals surface area contributed by atoms with Gasteiger partial charge in [-0.1, -0.05) is 84.0 Å². The zero-order valence-electron chi connectivity index (χ0n) is 14.5. The van der Waals surface area contributed by atoms with Crippen molar-refractivity contribution in [2.75, 3.05) is 0 Å². The lowest BCUT2D eigenvalue weighted by Crippen LogP contribution is -2.78. The molecule has 2 atom stereocenters. The third-order valence-corrected chi connectivity index (χ3v) is 4.48. The van der Waals surface area contributed by atoms with E-state index < -0.39 is 0 Å². The van der Waals surface area contributed by atoms with Gasteiger partial charge >= 0.3 is 0 Å². The van der Waals surface area contributed by atoms with Crippen molar-refractivity contribution in [3.05, 3.63) is 0 Å². The highest BCUT2D eigenvalue weighted by molar-refractivity contribution is 4.59. The second-order valence-electron chi connectivity index (χ2n) is 6.77. The molecular formula is C18H42N2+2. The first-order chi connectivity index (χ1) is 9.68. The average Bonchev–Trinajstić information content (AvgIpc) is 2.43. The van der Waals surface area contributed by atoms with E-state index in [0.717, 1.165) is 0 Å². The number of rotatable bonds is 15. The van der Waals surface area contributed by atoms with Crippen LogP contribution in [0.2, 0.25) is 0 Å². The molecule has 20 heavy (non-hydrogen) atoms. The Bertz CT molecular complexity index is 180. The Kier molecular flexibility index (Phi) is 15.3. The summed E-state index contributed by atoms with van der Waals surface area (Å²) in [6.07, 6.45) is 19.9. The zero-order valence-corrected chi connectivity index (χ0v) is 14.5. The summed E-state index contributed by atoms with van der Waals surface area (Å²) >= 11 is 0. The van der Waals surface area contributed by atoms with Crippen molar-refractivity contribution >= 4 is 0 Å². The van der Waals surface area contributed by atoms with Crippen molar-refractivity contribution in [2.24, 2.45) is 0 Å². The molecule has 0 aromatic rings. The summed E-state index contributed by atoms with van der Waals surface area (Å²) in [7, 11) is 0. The maximum absolute atomic E-state index is 4.17. The second kappa shape index (κ2) is 15.3. The number of quaternary nitrogens is 2. The summed E-state index contributed by atoms with van der Waals surface area (Å²) in [5.41, 5.74) is 8.23. The fourth-order valence-electron chi connectivity index (χ4n) is 2.71. The Morgan fingerprint density at radius 3 is 1.30 bits per heavy atom. The predicted octanol–water partition coefficient (Wildman–Crippen LogP) is 3.71. The van der Waals surface area contributed by atoms with Crippen LogP contribution in [0, 0.1) is 0 Å². The van der Waals surface area contributed by atoms with Gasteiger partial charge in [-0.3, -0.25) is 0 Å². The molecule has 0 aliphatic heterocycles. The first kappa shape index (κ1) is 19.9. The maximum atomic E-state index is 4.17. The van der Waals surface area contributed by atoms with Gasteiger partial charge in [0.1, 0.15) is 12.1 Å². The molecule has 122 valence electrons. The van der Waals surface area contributed by atoms with Crippen LogP contribution in [-0.2, 0) is 0 Å². The molecule has 0 rings (SSSR count). The van der Waals surface area contributed by atoms with Crippen LogP contribution >= 0.6 is 0 Å². The summed E-state index contributed by atoms with van der Waals surface area (Å²) in [6, 6.07) is 1.06. The van der Waals surface area contributed by atoms with E-state index in [1.165, 1.54) is 89.9 Å². The SMILES string of the molecule is CCCCCCCCCCCCCCC[C@@H]([NH3+])[C@H](C)[NH3+]. The lowest BCUT2D eigenvalue weighted by molar-refractivity contribution is -0.525. The highest BCUT2D eigenvalue weighted by Gasteiger charge is 2.13. The normalized spacial score (nSPS) is 14.4. The lowest BCUT2D eigenvalue weighted by Gasteiger charge is -2.09. The molecule has 2 nitrogen and oxygen atoms in total. The molecule has 0 saturated heterocycles. The molecule has 6 N–H and O–H groups in total.